The van der Waals surface area contributed by atoms with Crippen molar-refractivity contribution in [2.45, 2.75) is 32.2 Å². The zero-order valence-corrected chi connectivity index (χ0v) is 17.7. The highest BCUT2D eigenvalue weighted by Gasteiger charge is 2.20. The average Bonchev–Trinajstić information content (AvgIpc) is 2.68. The van der Waals surface area contributed by atoms with Crippen LogP contribution in [0.4, 0.5) is 0 Å². The fourth-order valence-corrected chi connectivity index (χ4v) is 4.34. The number of rotatable bonds is 8. The number of amides is 1. The molecule has 28 heavy (non-hydrogen) atoms. The Morgan fingerprint density at radius 2 is 1.61 bits per heavy atom. The summed E-state index contributed by atoms with van der Waals surface area (Å²) in [7, 11) is -1.70. The van der Waals surface area contributed by atoms with Crippen molar-refractivity contribution >= 4 is 22.0 Å². The van der Waals surface area contributed by atoms with Crippen molar-refractivity contribution in [1.29, 1.82) is 0 Å². The van der Waals surface area contributed by atoms with Gasteiger partial charge < -0.3 is 4.90 Å². The van der Waals surface area contributed by atoms with Crippen molar-refractivity contribution in [2.24, 2.45) is 0 Å². The molecule has 0 unspecified atom stereocenters. The molecule has 150 valence electrons. The van der Waals surface area contributed by atoms with Gasteiger partial charge in [0.05, 0.1) is 4.90 Å². The van der Waals surface area contributed by atoms with Gasteiger partial charge in [-0.3, -0.25) is 4.79 Å². The first-order chi connectivity index (χ1) is 13.3. The number of hydrogen-bond donors (Lipinski definition) is 0. The Labute approximate surface area is 168 Å². The number of benzene rings is 2. The van der Waals surface area contributed by atoms with Crippen LogP contribution in [0.3, 0.4) is 0 Å². The van der Waals surface area contributed by atoms with Crippen molar-refractivity contribution in [3.63, 3.8) is 0 Å². The number of hydrogen-bond acceptors (Lipinski definition) is 3. The summed E-state index contributed by atoms with van der Waals surface area (Å²) >= 11 is 0. The molecule has 0 N–H and O–H groups in total. The second-order valence-corrected chi connectivity index (χ2v) is 8.55. The maximum atomic E-state index is 12.5. The molecule has 0 saturated heterocycles. The van der Waals surface area contributed by atoms with Crippen molar-refractivity contribution < 1.29 is 13.2 Å². The quantitative estimate of drug-likeness (QED) is 0.635. The molecular weight excluding hydrogens is 372 g/mol. The molecule has 6 heteroatoms. The smallest absolute Gasteiger partial charge is 0.246 e. The van der Waals surface area contributed by atoms with Crippen molar-refractivity contribution in [3.8, 4) is 0 Å². The molecule has 1 amide bonds. The third kappa shape index (κ3) is 5.30. The Hall–Kier alpha value is -2.44. The standard InChI is InChI=1S/C22H28N2O3S/c1-5-24(6-2)28(26,27)21-14-11-19(12-15-21)13-16-22(25)23(4)17-20-10-8-7-9-18(20)3/h7-16H,5-6,17H2,1-4H3/b16-13+. The van der Waals surface area contributed by atoms with Gasteiger partial charge in [-0.25, -0.2) is 8.42 Å². The predicted octanol–water partition coefficient (Wildman–Crippen LogP) is 3.70. The van der Waals surface area contributed by atoms with Crippen LogP contribution in [0.2, 0.25) is 0 Å². The van der Waals surface area contributed by atoms with Gasteiger partial charge >= 0.3 is 0 Å². The normalized spacial score (nSPS) is 11.9. The van der Waals surface area contributed by atoms with Crippen LogP contribution in [0, 0.1) is 6.92 Å². The largest absolute Gasteiger partial charge is 0.338 e. The third-order valence-corrected chi connectivity index (χ3v) is 6.75. The Balaban J connectivity index is 2.06. The van der Waals surface area contributed by atoms with Gasteiger partial charge in [0, 0.05) is 32.8 Å². The summed E-state index contributed by atoms with van der Waals surface area (Å²) < 4.78 is 26.4. The van der Waals surface area contributed by atoms with E-state index in [1.54, 1.807) is 42.3 Å². The van der Waals surface area contributed by atoms with Gasteiger partial charge in [0.15, 0.2) is 0 Å². The molecular formula is C22H28N2O3S. The highest BCUT2D eigenvalue weighted by Crippen LogP contribution is 2.17. The van der Waals surface area contributed by atoms with E-state index < -0.39 is 10.0 Å². The summed E-state index contributed by atoms with van der Waals surface area (Å²) in [4.78, 5) is 14.3. The molecule has 5 nitrogen and oxygen atoms in total. The lowest BCUT2D eigenvalue weighted by atomic mass is 10.1. The molecule has 0 radical (unpaired) electrons. The van der Waals surface area contributed by atoms with Gasteiger partial charge in [0.1, 0.15) is 0 Å². The van der Waals surface area contributed by atoms with Crippen LogP contribution in [0.1, 0.15) is 30.5 Å². The number of aryl methyl sites for hydroxylation is 1. The van der Waals surface area contributed by atoms with E-state index in [0.29, 0.717) is 19.6 Å². The van der Waals surface area contributed by atoms with Crippen LogP contribution in [0.15, 0.2) is 59.5 Å². The zero-order valence-electron chi connectivity index (χ0n) is 16.9. The van der Waals surface area contributed by atoms with Crippen LogP contribution in [-0.4, -0.2) is 43.7 Å². The molecule has 0 saturated carbocycles. The predicted molar refractivity (Wildman–Crippen MR) is 113 cm³/mol. The van der Waals surface area contributed by atoms with Gasteiger partial charge in [-0.1, -0.05) is 50.2 Å². The van der Waals surface area contributed by atoms with Gasteiger partial charge in [-0.15, -0.1) is 0 Å². The first-order valence-corrected chi connectivity index (χ1v) is 10.8. The first-order valence-electron chi connectivity index (χ1n) is 9.37. The van der Waals surface area contributed by atoms with E-state index in [1.807, 2.05) is 45.0 Å². The lowest BCUT2D eigenvalue weighted by Crippen LogP contribution is -2.30. The van der Waals surface area contributed by atoms with Crippen molar-refractivity contribution in [1.82, 2.24) is 9.21 Å². The minimum absolute atomic E-state index is 0.108. The lowest BCUT2D eigenvalue weighted by Gasteiger charge is -2.18. The maximum absolute atomic E-state index is 12.5. The SMILES string of the molecule is CCN(CC)S(=O)(=O)c1ccc(/C=C/C(=O)N(C)Cc2ccccc2C)cc1. The molecule has 0 bridgehead atoms. The monoisotopic (exact) mass is 400 g/mol. The van der Waals surface area contributed by atoms with Gasteiger partial charge in [0.25, 0.3) is 0 Å². The van der Waals surface area contributed by atoms with Gasteiger partial charge in [-0.2, -0.15) is 4.31 Å². The lowest BCUT2D eigenvalue weighted by molar-refractivity contribution is -0.125. The highest BCUT2D eigenvalue weighted by molar-refractivity contribution is 7.89. The van der Waals surface area contributed by atoms with Crippen LogP contribution >= 0.6 is 0 Å². The van der Waals surface area contributed by atoms with E-state index in [1.165, 1.54) is 10.4 Å². The highest BCUT2D eigenvalue weighted by atomic mass is 32.2. The molecule has 0 atom stereocenters. The summed E-state index contributed by atoms with van der Waals surface area (Å²) in [5, 5.41) is 0. The maximum Gasteiger partial charge on any atom is 0.246 e. The molecule has 0 aliphatic carbocycles. The molecule has 0 aliphatic heterocycles. The fourth-order valence-electron chi connectivity index (χ4n) is 2.88. The summed E-state index contributed by atoms with van der Waals surface area (Å²) in [5.74, 6) is -0.108. The number of likely N-dealkylation sites (N-methyl/N-ethyl adjacent to an activating group) is 1. The molecule has 0 fully saturated rings. The van der Waals surface area contributed by atoms with Crippen molar-refractivity contribution in [3.05, 3.63) is 71.3 Å². The van der Waals surface area contributed by atoms with E-state index in [9.17, 15) is 13.2 Å². The summed E-state index contributed by atoms with van der Waals surface area (Å²) in [5.41, 5.74) is 3.03. The summed E-state index contributed by atoms with van der Waals surface area (Å²) in [6.07, 6.45) is 3.21. The topological polar surface area (TPSA) is 57.7 Å². The van der Waals surface area contributed by atoms with Crippen LogP contribution < -0.4 is 0 Å². The molecule has 2 aromatic rings. The fraction of sp³-hybridized carbons (Fsp3) is 0.318. The Kier molecular flexibility index (Phi) is 7.54. The summed E-state index contributed by atoms with van der Waals surface area (Å²) in [6.45, 7) is 7.06. The first kappa shape index (κ1) is 21.9. The molecule has 2 rings (SSSR count). The number of carbonyl (C=O) groups excluding carboxylic acids is 1. The van der Waals surface area contributed by atoms with Gasteiger partial charge in [-0.05, 0) is 41.8 Å². The average molecular weight is 401 g/mol. The zero-order chi connectivity index (χ0) is 20.7. The van der Waals surface area contributed by atoms with Crippen LogP contribution in [0.5, 0.6) is 0 Å². The minimum atomic E-state index is -3.47. The Bertz CT molecular complexity index is 931. The second kappa shape index (κ2) is 9.66. The Morgan fingerprint density at radius 1 is 1.00 bits per heavy atom. The summed E-state index contributed by atoms with van der Waals surface area (Å²) in [6, 6.07) is 14.6. The molecule has 0 spiro atoms. The number of nitrogens with zero attached hydrogens (tertiary/aromatic N) is 2. The number of sulfonamides is 1. The number of carbonyl (C=O) groups is 1. The van der Waals surface area contributed by atoms with E-state index in [-0.39, 0.29) is 10.8 Å². The van der Waals surface area contributed by atoms with E-state index >= 15 is 0 Å². The van der Waals surface area contributed by atoms with E-state index in [2.05, 4.69) is 0 Å². The van der Waals surface area contributed by atoms with Crippen LogP contribution in [-0.2, 0) is 21.4 Å². The molecule has 0 aromatic heterocycles. The minimum Gasteiger partial charge on any atom is -0.338 e. The Morgan fingerprint density at radius 3 is 2.18 bits per heavy atom. The molecule has 0 aliphatic rings. The third-order valence-electron chi connectivity index (χ3n) is 4.69. The van der Waals surface area contributed by atoms with E-state index in [4.69, 9.17) is 0 Å². The van der Waals surface area contributed by atoms with E-state index in [0.717, 1.165) is 16.7 Å². The molecule has 2 aromatic carbocycles. The second-order valence-electron chi connectivity index (χ2n) is 6.61. The molecule has 0 heterocycles. The van der Waals surface area contributed by atoms with Crippen molar-refractivity contribution in [2.75, 3.05) is 20.1 Å². The van der Waals surface area contributed by atoms with Gasteiger partial charge in [0.2, 0.25) is 15.9 Å². The van der Waals surface area contributed by atoms with Crippen LogP contribution in [0.25, 0.3) is 6.08 Å².